The molecule has 1 aromatic rings. The molecule has 0 spiro atoms. The van der Waals surface area contributed by atoms with E-state index in [0.29, 0.717) is 17.2 Å². The number of rotatable bonds is 8. The molecule has 0 amide bonds. The summed E-state index contributed by atoms with van der Waals surface area (Å²) >= 11 is 0. The maximum absolute atomic E-state index is 12.1. The number of benzene rings is 1. The lowest BCUT2D eigenvalue weighted by molar-refractivity contribution is 0.530. The van der Waals surface area contributed by atoms with Crippen molar-refractivity contribution in [2.24, 2.45) is 5.73 Å². The third-order valence-electron chi connectivity index (χ3n) is 3.75. The van der Waals surface area contributed by atoms with Crippen LogP contribution in [0.25, 0.3) is 0 Å². The molecule has 4 heteroatoms. The van der Waals surface area contributed by atoms with Crippen molar-refractivity contribution in [3.8, 4) is 0 Å². The van der Waals surface area contributed by atoms with Crippen molar-refractivity contribution >= 4 is 9.84 Å². The van der Waals surface area contributed by atoms with E-state index in [-0.39, 0.29) is 11.8 Å². The lowest BCUT2D eigenvalue weighted by Crippen LogP contribution is -2.19. The summed E-state index contributed by atoms with van der Waals surface area (Å²) in [6.45, 7) is 6.11. The minimum Gasteiger partial charge on any atom is -0.328 e. The first-order valence-electron chi connectivity index (χ1n) is 7.49. The Hall–Kier alpha value is -0.870. The van der Waals surface area contributed by atoms with Gasteiger partial charge in [-0.1, -0.05) is 32.9 Å². The second-order valence-electron chi connectivity index (χ2n) is 5.54. The van der Waals surface area contributed by atoms with E-state index in [4.69, 9.17) is 5.73 Å². The van der Waals surface area contributed by atoms with E-state index < -0.39 is 9.84 Å². The zero-order valence-electron chi connectivity index (χ0n) is 12.8. The average molecular weight is 297 g/mol. The molecule has 0 saturated carbocycles. The van der Waals surface area contributed by atoms with Gasteiger partial charge in [0.1, 0.15) is 0 Å². The Morgan fingerprint density at radius 1 is 1.20 bits per heavy atom. The van der Waals surface area contributed by atoms with E-state index >= 15 is 0 Å². The first-order valence-corrected chi connectivity index (χ1v) is 9.14. The van der Waals surface area contributed by atoms with Crippen molar-refractivity contribution in [2.75, 3.05) is 5.75 Å². The van der Waals surface area contributed by atoms with Gasteiger partial charge in [0, 0.05) is 6.04 Å². The van der Waals surface area contributed by atoms with Crippen molar-refractivity contribution in [1.82, 2.24) is 0 Å². The number of hydrogen-bond donors (Lipinski definition) is 1. The normalized spacial score (nSPS) is 15.0. The van der Waals surface area contributed by atoms with Gasteiger partial charge in [-0.05, 0) is 49.3 Å². The van der Waals surface area contributed by atoms with Crippen LogP contribution in [0.4, 0.5) is 0 Å². The summed E-state index contributed by atoms with van der Waals surface area (Å²) in [6.07, 6.45) is 3.60. The zero-order chi connectivity index (χ0) is 15.2. The highest BCUT2D eigenvalue weighted by Gasteiger charge is 2.15. The smallest absolute Gasteiger partial charge is 0.178 e. The maximum Gasteiger partial charge on any atom is 0.178 e. The van der Waals surface area contributed by atoms with Crippen LogP contribution >= 0.6 is 0 Å². The Labute approximate surface area is 123 Å². The van der Waals surface area contributed by atoms with Gasteiger partial charge < -0.3 is 5.73 Å². The minimum atomic E-state index is -3.13. The highest BCUT2D eigenvalue weighted by Crippen LogP contribution is 2.24. The van der Waals surface area contributed by atoms with Crippen LogP contribution < -0.4 is 5.73 Å². The van der Waals surface area contributed by atoms with Crippen LogP contribution in [0.3, 0.4) is 0 Å². The molecule has 1 rings (SSSR count). The van der Waals surface area contributed by atoms with Crippen LogP contribution in [0, 0.1) is 0 Å². The summed E-state index contributed by atoms with van der Waals surface area (Å²) in [4.78, 5) is 0.448. The molecule has 0 saturated heterocycles. The van der Waals surface area contributed by atoms with Crippen molar-refractivity contribution in [3.63, 3.8) is 0 Å². The van der Waals surface area contributed by atoms with Crippen LogP contribution in [0.15, 0.2) is 29.2 Å². The zero-order valence-corrected chi connectivity index (χ0v) is 13.6. The van der Waals surface area contributed by atoms with Crippen molar-refractivity contribution in [3.05, 3.63) is 29.8 Å². The second kappa shape index (κ2) is 7.79. The average Bonchev–Trinajstić information content (AvgIpc) is 2.44. The quantitative estimate of drug-likeness (QED) is 0.799. The molecule has 0 aliphatic heterocycles. The largest absolute Gasteiger partial charge is 0.328 e. The summed E-state index contributed by atoms with van der Waals surface area (Å²) in [6, 6.07) is 7.61. The molecule has 2 N–H and O–H groups in total. The number of nitrogens with two attached hydrogens (primary N) is 1. The van der Waals surface area contributed by atoms with Gasteiger partial charge in [-0.2, -0.15) is 0 Å². The van der Waals surface area contributed by atoms with Crippen LogP contribution in [-0.4, -0.2) is 20.2 Å². The third kappa shape index (κ3) is 4.91. The van der Waals surface area contributed by atoms with Gasteiger partial charge in [0.2, 0.25) is 0 Å². The lowest BCUT2D eigenvalue weighted by Gasteiger charge is -2.15. The second-order valence-corrected chi connectivity index (χ2v) is 7.65. The Kier molecular flexibility index (Phi) is 6.69. The van der Waals surface area contributed by atoms with Gasteiger partial charge in [0.15, 0.2) is 9.84 Å². The maximum atomic E-state index is 12.1. The Bertz CT molecular complexity index is 511. The third-order valence-corrected chi connectivity index (χ3v) is 5.67. The van der Waals surface area contributed by atoms with Crippen LogP contribution in [-0.2, 0) is 9.84 Å². The highest BCUT2D eigenvalue weighted by atomic mass is 32.2. The highest BCUT2D eigenvalue weighted by molar-refractivity contribution is 7.91. The van der Waals surface area contributed by atoms with Crippen LogP contribution in [0.2, 0.25) is 0 Å². The molecule has 0 aromatic heterocycles. The standard InChI is InChI=1S/C16H27NO2S/c1-4-11-20(18,19)16-8-6-7-14(12-16)13(3)9-10-15(17)5-2/h6-8,12-13,15H,4-5,9-11,17H2,1-3H3. The van der Waals surface area contributed by atoms with E-state index in [1.54, 1.807) is 6.07 Å². The first-order chi connectivity index (χ1) is 9.40. The molecule has 0 radical (unpaired) electrons. The van der Waals surface area contributed by atoms with Gasteiger partial charge >= 0.3 is 0 Å². The van der Waals surface area contributed by atoms with Crippen LogP contribution in [0.1, 0.15) is 57.9 Å². The number of hydrogen-bond acceptors (Lipinski definition) is 3. The molecule has 3 nitrogen and oxygen atoms in total. The molecule has 0 fully saturated rings. The van der Waals surface area contributed by atoms with E-state index in [9.17, 15) is 8.42 Å². The Morgan fingerprint density at radius 3 is 2.50 bits per heavy atom. The van der Waals surface area contributed by atoms with E-state index in [2.05, 4.69) is 13.8 Å². The van der Waals surface area contributed by atoms with Crippen molar-refractivity contribution < 1.29 is 8.42 Å². The molecule has 0 aliphatic rings. The Balaban J connectivity index is 2.82. The molecular weight excluding hydrogens is 270 g/mol. The first kappa shape index (κ1) is 17.2. The fourth-order valence-corrected chi connectivity index (χ4v) is 3.61. The lowest BCUT2D eigenvalue weighted by atomic mass is 9.94. The molecule has 20 heavy (non-hydrogen) atoms. The fourth-order valence-electron chi connectivity index (χ4n) is 2.24. The fraction of sp³-hybridized carbons (Fsp3) is 0.625. The molecule has 2 atom stereocenters. The topological polar surface area (TPSA) is 60.2 Å². The summed E-state index contributed by atoms with van der Waals surface area (Å²) in [5, 5.41) is 0. The van der Waals surface area contributed by atoms with Gasteiger partial charge in [-0.25, -0.2) is 8.42 Å². The SMILES string of the molecule is CCCS(=O)(=O)c1cccc(C(C)CCC(N)CC)c1. The molecule has 114 valence electrons. The number of sulfone groups is 1. The molecule has 1 aromatic carbocycles. The Morgan fingerprint density at radius 2 is 1.90 bits per heavy atom. The predicted octanol–water partition coefficient (Wildman–Crippen LogP) is 3.49. The molecule has 0 heterocycles. The van der Waals surface area contributed by atoms with E-state index in [1.165, 1.54) is 0 Å². The molecule has 2 unspecified atom stereocenters. The summed E-state index contributed by atoms with van der Waals surface area (Å²) in [5.74, 6) is 0.551. The molecule has 0 aliphatic carbocycles. The summed E-state index contributed by atoms with van der Waals surface area (Å²) < 4.78 is 24.2. The van der Waals surface area contributed by atoms with E-state index in [0.717, 1.165) is 24.8 Å². The van der Waals surface area contributed by atoms with Gasteiger partial charge in [0.25, 0.3) is 0 Å². The van der Waals surface area contributed by atoms with Crippen molar-refractivity contribution in [2.45, 2.75) is 63.3 Å². The van der Waals surface area contributed by atoms with Crippen LogP contribution in [0.5, 0.6) is 0 Å². The van der Waals surface area contributed by atoms with E-state index in [1.807, 2.05) is 25.1 Å². The van der Waals surface area contributed by atoms with Gasteiger partial charge in [0.05, 0.1) is 10.6 Å². The van der Waals surface area contributed by atoms with Gasteiger partial charge in [-0.15, -0.1) is 0 Å². The molecule has 0 bridgehead atoms. The monoisotopic (exact) mass is 297 g/mol. The predicted molar refractivity (Wildman–Crippen MR) is 84.7 cm³/mol. The summed E-state index contributed by atoms with van der Waals surface area (Å²) in [5.41, 5.74) is 7.03. The van der Waals surface area contributed by atoms with Gasteiger partial charge in [-0.3, -0.25) is 0 Å². The van der Waals surface area contributed by atoms with Crippen molar-refractivity contribution in [1.29, 1.82) is 0 Å². The summed E-state index contributed by atoms with van der Waals surface area (Å²) in [7, 11) is -3.13. The minimum absolute atomic E-state index is 0.214. The molecular formula is C16H27NO2S.